The van der Waals surface area contributed by atoms with E-state index in [4.69, 9.17) is 9.47 Å². The van der Waals surface area contributed by atoms with Gasteiger partial charge >= 0.3 is 0 Å². The van der Waals surface area contributed by atoms with E-state index in [1.165, 1.54) is 16.8 Å². The van der Waals surface area contributed by atoms with E-state index < -0.39 is 0 Å². The van der Waals surface area contributed by atoms with E-state index >= 15 is 0 Å². The maximum atomic E-state index is 5.45. The Balaban J connectivity index is 1.69. The Morgan fingerprint density at radius 1 is 0.857 bits per heavy atom. The van der Waals surface area contributed by atoms with Crippen molar-refractivity contribution in [2.75, 3.05) is 6.79 Å². The van der Waals surface area contributed by atoms with Gasteiger partial charge in [-0.25, -0.2) is 0 Å². The molecule has 2 heterocycles. The van der Waals surface area contributed by atoms with Gasteiger partial charge in [0.05, 0.1) is 0 Å². The van der Waals surface area contributed by atoms with Gasteiger partial charge in [-0.1, -0.05) is 24.3 Å². The lowest BCUT2D eigenvalue weighted by molar-refractivity contribution is 0.174. The molecule has 3 nitrogen and oxygen atoms in total. The summed E-state index contributed by atoms with van der Waals surface area (Å²) in [4.78, 5) is 0. The minimum absolute atomic E-state index is 0.318. The Kier molecular flexibility index (Phi) is 2.89. The largest absolute Gasteiger partial charge is 0.454 e. The standard InChI is InChI=1S/C18H15NO2/c1-2-6-16(19-9-3-4-10-19)15(5-1)11-14-7-8-17-18(12-14)21-13-20-17/h1-10,12H,11,13H2. The Morgan fingerprint density at radius 3 is 2.57 bits per heavy atom. The number of ether oxygens (including phenoxy) is 2. The van der Waals surface area contributed by atoms with Crippen LogP contribution in [0, 0.1) is 0 Å². The molecule has 3 heteroatoms. The number of hydrogen-bond donors (Lipinski definition) is 0. The van der Waals surface area contributed by atoms with Gasteiger partial charge < -0.3 is 14.0 Å². The second-order valence-corrected chi connectivity index (χ2v) is 5.08. The van der Waals surface area contributed by atoms with Crippen molar-refractivity contribution in [3.63, 3.8) is 0 Å². The van der Waals surface area contributed by atoms with Gasteiger partial charge in [0.25, 0.3) is 0 Å². The molecule has 2 aromatic carbocycles. The third-order valence-corrected chi connectivity index (χ3v) is 3.71. The highest BCUT2D eigenvalue weighted by atomic mass is 16.7. The highest BCUT2D eigenvalue weighted by Gasteiger charge is 2.14. The van der Waals surface area contributed by atoms with Crippen LogP contribution in [0.4, 0.5) is 0 Å². The van der Waals surface area contributed by atoms with Gasteiger partial charge in [-0.2, -0.15) is 0 Å². The first kappa shape index (κ1) is 12.1. The molecule has 1 aliphatic rings. The lowest BCUT2D eigenvalue weighted by Gasteiger charge is -2.11. The summed E-state index contributed by atoms with van der Waals surface area (Å²) in [7, 11) is 0. The van der Waals surface area contributed by atoms with E-state index in [2.05, 4.69) is 53.4 Å². The van der Waals surface area contributed by atoms with Gasteiger partial charge in [0.1, 0.15) is 0 Å². The molecule has 0 atom stereocenters. The zero-order valence-electron chi connectivity index (χ0n) is 11.5. The molecule has 0 radical (unpaired) electrons. The monoisotopic (exact) mass is 277 g/mol. The fraction of sp³-hybridized carbons (Fsp3) is 0.111. The van der Waals surface area contributed by atoms with Crippen LogP contribution < -0.4 is 9.47 Å². The molecule has 0 fully saturated rings. The summed E-state index contributed by atoms with van der Waals surface area (Å²) in [5, 5.41) is 0. The van der Waals surface area contributed by atoms with Gasteiger partial charge in [-0.05, 0) is 47.9 Å². The van der Waals surface area contributed by atoms with Crippen LogP contribution >= 0.6 is 0 Å². The van der Waals surface area contributed by atoms with Gasteiger partial charge in [0.15, 0.2) is 11.5 Å². The van der Waals surface area contributed by atoms with Gasteiger partial charge in [-0.15, -0.1) is 0 Å². The van der Waals surface area contributed by atoms with Gasteiger partial charge in [-0.3, -0.25) is 0 Å². The Morgan fingerprint density at radius 2 is 1.67 bits per heavy atom. The molecule has 0 saturated heterocycles. The third-order valence-electron chi connectivity index (χ3n) is 3.71. The SMILES string of the molecule is c1ccc(-n2cccc2)c(Cc2ccc3c(c2)OCO3)c1. The average Bonchev–Trinajstić information content (AvgIpc) is 3.19. The van der Waals surface area contributed by atoms with E-state index in [1.807, 2.05) is 18.2 Å². The first-order chi connectivity index (χ1) is 10.4. The summed E-state index contributed by atoms with van der Waals surface area (Å²) < 4.78 is 13.0. The van der Waals surface area contributed by atoms with Crippen LogP contribution in [0.2, 0.25) is 0 Å². The lowest BCUT2D eigenvalue weighted by atomic mass is 10.0. The number of rotatable bonds is 3. The third kappa shape index (κ3) is 2.27. The minimum Gasteiger partial charge on any atom is -0.454 e. The van der Waals surface area contributed by atoms with E-state index in [1.54, 1.807) is 0 Å². The smallest absolute Gasteiger partial charge is 0.231 e. The van der Waals surface area contributed by atoms with Crippen LogP contribution in [0.1, 0.15) is 11.1 Å². The molecule has 0 aliphatic carbocycles. The number of para-hydroxylation sites is 1. The highest BCUT2D eigenvalue weighted by Crippen LogP contribution is 2.33. The molecule has 21 heavy (non-hydrogen) atoms. The summed E-state index contributed by atoms with van der Waals surface area (Å²) in [5.74, 6) is 1.67. The van der Waals surface area contributed by atoms with Crippen molar-refractivity contribution in [3.05, 3.63) is 78.1 Å². The second kappa shape index (κ2) is 5.02. The summed E-state index contributed by atoms with van der Waals surface area (Å²) in [6, 6.07) is 18.7. The van der Waals surface area contributed by atoms with E-state index in [-0.39, 0.29) is 0 Å². The highest BCUT2D eigenvalue weighted by molar-refractivity contribution is 5.48. The van der Waals surface area contributed by atoms with E-state index in [0.29, 0.717) is 6.79 Å². The molecule has 1 aromatic heterocycles. The van der Waals surface area contributed by atoms with Crippen molar-refractivity contribution in [1.29, 1.82) is 0 Å². The Hall–Kier alpha value is -2.68. The molecular formula is C18H15NO2. The summed E-state index contributed by atoms with van der Waals surface area (Å²) >= 11 is 0. The zero-order chi connectivity index (χ0) is 14.1. The minimum atomic E-state index is 0.318. The van der Waals surface area contributed by atoms with Crippen molar-refractivity contribution >= 4 is 0 Å². The number of nitrogens with zero attached hydrogens (tertiary/aromatic N) is 1. The summed E-state index contributed by atoms with van der Waals surface area (Å²) in [5.41, 5.74) is 3.71. The normalized spacial score (nSPS) is 12.6. The Bertz CT molecular complexity index is 763. The molecule has 3 aromatic rings. The number of benzene rings is 2. The lowest BCUT2D eigenvalue weighted by Crippen LogP contribution is -1.98. The predicted octanol–water partition coefficient (Wildman–Crippen LogP) is 3.80. The number of hydrogen-bond acceptors (Lipinski definition) is 2. The molecule has 0 saturated carbocycles. The quantitative estimate of drug-likeness (QED) is 0.727. The second-order valence-electron chi connectivity index (χ2n) is 5.08. The maximum Gasteiger partial charge on any atom is 0.231 e. The zero-order valence-corrected chi connectivity index (χ0v) is 11.5. The van der Waals surface area contributed by atoms with Crippen molar-refractivity contribution < 1.29 is 9.47 Å². The molecule has 1 aliphatic heterocycles. The molecule has 0 N–H and O–H groups in total. The van der Waals surface area contributed by atoms with Crippen LogP contribution in [0.15, 0.2) is 67.0 Å². The van der Waals surface area contributed by atoms with Crippen molar-refractivity contribution in [1.82, 2.24) is 4.57 Å². The van der Waals surface area contributed by atoms with Gasteiger partial charge in [0.2, 0.25) is 6.79 Å². The molecule has 0 bridgehead atoms. The molecule has 104 valence electrons. The van der Waals surface area contributed by atoms with Crippen molar-refractivity contribution in [2.24, 2.45) is 0 Å². The van der Waals surface area contributed by atoms with E-state index in [9.17, 15) is 0 Å². The first-order valence-corrected chi connectivity index (χ1v) is 7.00. The van der Waals surface area contributed by atoms with Crippen LogP contribution in [-0.2, 0) is 6.42 Å². The van der Waals surface area contributed by atoms with Crippen molar-refractivity contribution in [2.45, 2.75) is 6.42 Å². The predicted molar refractivity (Wildman–Crippen MR) is 81.1 cm³/mol. The molecular weight excluding hydrogens is 262 g/mol. The van der Waals surface area contributed by atoms with Crippen LogP contribution in [0.5, 0.6) is 11.5 Å². The number of aromatic nitrogens is 1. The van der Waals surface area contributed by atoms with Crippen LogP contribution in [-0.4, -0.2) is 11.4 Å². The molecule has 4 rings (SSSR count). The van der Waals surface area contributed by atoms with Crippen LogP contribution in [0.3, 0.4) is 0 Å². The van der Waals surface area contributed by atoms with Crippen molar-refractivity contribution in [3.8, 4) is 17.2 Å². The molecule has 0 unspecified atom stereocenters. The molecule has 0 amide bonds. The first-order valence-electron chi connectivity index (χ1n) is 7.00. The number of fused-ring (bicyclic) bond motifs is 1. The fourth-order valence-electron chi connectivity index (χ4n) is 2.68. The Labute approximate surface area is 123 Å². The summed E-state index contributed by atoms with van der Waals surface area (Å²) in [6.45, 7) is 0.318. The van der Waals surface area contributed by atoms with Crippen LogP contribution in [0.25, 0.3) is 5.69 Å². The van der Waals surface area contributed by atoms with E-state index in [0.717, 1.165) is 17.9 Å². The molecule has 0 spiro atoms. The maximum absolute atomic E-state index is 5.45. The van der Waals surface area contributed by atoms with Gasteiger partial charge in [0, 0.05) is 18.1 Å². The topological polar surface area (TPSA) is 23.4 Å². The fourth-order valence-corrected chi connectivity index (χ4v) is 2.68. The average molecular weight is 277 g/mol. The summed E-state index contributed by atoms with van der Waals surface area (Å²) in [6.07, 6.45) is 5.00.